The Morgan fingerprint density at radius 1 is 1.39 bits per heavy atom. The van der Waals surface area contributed by atoms with Crippen molar-refractivity contribution in [2.75, 3.05) is 26.2 Å². The Morgan fingerprint density at radius 3 is 2.67 bits per heavy atom. The number of rotatable bonds is 3. The zero-order chi connectivity index (χ0) is 13.0. The summed E-state index contributed by atoms with van der Waals surface area (Å²) in [4.78, 5) is 25.3. The molecule has 2 aliphatic rings. The van der Waals surface area contributed by atoms with Crippen LogP contribution in [0.1, 0.15) is 39.0 Å². The highest BCUT2D eigenvalue weighted by Gasteiger charge is 2.45. The molecule has 2 rings (SSSR count). The van der Waals surface area contributed by atoms with E-state index < -0.39 is 0 Å². The number of unbranched alkanes of at least 4 members (excludes halogenated alkanes) is 1. The van der Waals surface area contributed by atoms with Gasteiger partial charge in [0.25, 0.3) is 0 Å². The maximum absolute atomic E-state index is 11.8. The zero-order valence-corrected chi connectivity index (χ0v) is 11.0. The maximum atomic E-state index is 11.8. The van der Waals surface area contributed by atoms with Crippen LogP contribution in [0.25, 0.3) is 0 Å². The average Bonchev–Trinajstić information content (AvgIpc) is 2.72. The molecule has 0 unspecified atom stereocenters. The van der Waals surface area contributed by atoms with E-state index in [1.807, 2.05) is 0 Å². The lowest BCUT2D eigenvalue weighted by atomic mass is 9.77. The molecule has 0 aromatic carbocycles. The number of nitrogens with zero attached hydrogens (tertiary/aromatic N) is 1. The van der Waals surface area contributed by atoms with Gasteiger partial charge < -0.3 is 15.0 Å². The Balaban J connectivity index is 1.79. The van der Waals surface area contributed by atoms with E-state index in [4.69, 9.17) is 4.74 Å². The average molecular weight is 254 g/mol. The van der Waals surface area contributed by atoms with Gasteiger partial charge in [-0.25, -0.2) is 4.79 Å². The first-order valence-corrected chi connectivity index (χ1v) is 6.88. The molecule has 1 spiro atoms. The molecule has 18 heavy (non-hydrogen) atoms. The van der Waals surface area contributed by atoms with Crippen LogP contribution in [0, 0.1) is 5.41 Å². The normalized spacial score (nSPS) is 22.1. The van der Waals surface area contributed by atoms with Crippen molar-refractivity contribution < 1.29 is 14.3 Å². The molecule has 0 aromatic heterocycles. The molecule has 2 fully saturated rings. The lowest BCUT2D eigenvalue weighted by molar-refractivity contribution is -0.129. The summed E-state index contributed by atoms with van der Waals surface area (Å²) < 4.78 is 5.19. The smallest absolute Gasteiger partial charge is 0.409 e. The summed E-state index contributed by atoms with van der Waals surface area (Å²) in [5.41, 5.74) is -0.208. The SMILES string of the molecule is CCCCOC(=O)N1CCC2(CCNC2=O)CC1. The van der Waals surface area contributed by atoms with E-state index in [1.54, 1.807) is 4.90 Å². The number of hydrogen-bond donors (Lipinski definition) is 1. The quantitative estimate of drug-likeness (QED) is 0.777. The van der Waals surface area contributed by atoms with Crippen molar-refractivity contribution in [3.63, 3.8) is 0 Å². The minimum atomic E-state index is -0.225. The van der Waals surface area contributed by atoms with E-state index >= 15 is 0 Å². The van der Waals surface area contributed by atoms with Gasteiger partial charge in [0.15, 0.2) is 0 Å². The summed E-state index contributed by atoms with van der Waals surface area (Å²) in [5.74, 6) is 0.168. The molecule has 2 saturated heterocycles. The third kappa shape index (κ3) is 2.60. The van der Waals surface area contributed by atoms with Crippen LogP contribution in [-0.4, -0.2) is 43.1 Å². The van der Waals surface area contributed by atoms with Crippen molar-refractivity contribution in [3.8, 4) is 0 Å². The van der Waals surface area contributed by atoms with Gasteiger partial charge in [0.2, 0.25) is 5.91 Å². The number of ether oxygens (including phenoxy) is 1. The Hall–Kier alpha value is -1.26. The van der Waals surface area contributed by atoms with Gasteiger partial charge in [-0.15, -0.1) is 0 Å². The summed E-state index contributed by atoms with van der Waals surface area (Å²) in [6, 6.07) is 0. The second-order valence-corrected chi connectivity index (χ2v) is 5.24. The fourth-order valence-electron chi connectivity index (χ4n) is 2.71. The standard InChI is InChI=1S/C13H22N2O3/c1-2-3-10-18-12(17)15-8-5-13(6-9-15)4-7-14-11(13)16/h2-10H2,1H3,(H,14,16). The predicted octanol–water partition coefficient (Wildman–Crippen LogP) is 1.53. The minimum absolute atomic E-state index is 0.168. The van der Waals surface area contributed by atoms with Gasteiger partial charge in [-0.3, -0.25) is 4.79 Å². The third-order valence-electron chi connectivity index (χ3n) is 4.07. The molecule has 0 bridgehead atoms. The summed E-state index contributed by atoms with van der Waals surface area (Å²) in [5, 5.41) is 2.89. The largest absolute Gasteiger partial charge is 0.449 e. The molecule has 0 saturated carbocycles. The van der Waals surface area contributed by atoms with Crippen LogP contribution in [0.5, 0.6) is 0 Å². The van der Waals surface area contributed by atoms with Crippen LogP contribution < -0.4 is 5.32 Å². The predicted molar refractivity (Wildman–Crippen MR) is 67.1 cm³/mol. The highest BCUT2D eigenvalue weighted by Crippen LogP contribution is 2.38. The molecular formula is C13H22N2O3. The Kier molecular flexibility index (Phi) is 4.09. The Morgan fingerprint density at radius 2 is 2.11 bits per heavy atom. The molecule has 5 heteroatoms. The van der Waals surface area contributed by atoms with Crippen LogP contribution in [0.3, 0.4) is 0 Å². The van der Waals surface area contributed by atoms with Crippen molar-refractivity contribution in [3.05, 3.63) is 0 Å². The zero-order valence-electron chi connectivity index (χ0n) is 11.0. The highest BCUT2D eigenvalue weighted by molar-refractivity contribution is 5.85. The van der Waals surface area contributed by atoms with Crippen molar-refractivity contribution in [1.82, 2.24) is 10.2 Å². The summed E-state index contributed by atoms with van der Waals surface area (Å²) in [6.07, 6.45) is 4.15. The fourth-order valence-corrected chi connectivity index (χ4v) is 2.71. The van der Waals surface area contributed by atoms with Crippen molar-refractivity contribution in [2.24, 2.45) is 5.41 Å². The van der Waals surface area contributed by atoms with Crippen molar-refractivity contribution in [2.45, 2.75) is 39.0 Å². The van der Waals surface area contributed by atoms with Gasteiger partial charge in [-0.05, 0) is 25.7 Å². The first-order valence-electron chi connectivity index (χ1n) is 6.88. The minimum Gasteiger partial charge on any atom is -0.449 e. The van der Waals surface area contributed by atoms with Crippen molar-refractivity contribution in [1.29, 1.82) is 0 Å². The van der Waals surface area contributed by atoms with E-state index in [0.717, 1.165) is 38.6 Å². The van der Waals surface area contributed by atoms with Crippen LogP contribution in [-0.2, 0) is 9.53 Å². The molecule has 2 heterocycles. The van der Waals surface area contributed by atoms with Gasteiger partial charge in [-0.1, -0.05) is 13.3 Å². The molecule has 0 aromatic rings. The number of amides is 2. The molecule has 0 radical (unpaired) electrons. The van der Waals surface area contributed by atoms with Gasteiger partial charge in [0, 0.05) is 19.6 Å². The Bertz CT molecular complexity index is 322. The first-order chi connectivity index (χ1) is 8.68. The Labute approximate surface area is 108 Å². The van der Waals surface area contributed by atoms with E-state index in [2.05, 4.69) is 12.2 Å². The van der Waals surface area contributed by atoms with E-state index in [0.29, 0.717) is 19.7 Å². The third-order valence-corrected chi connectivity index (χ3v) is 4.07. The summed E-state index contributed by atoms with van der Waals surface area (Å²) in [7, 11) is 0. The second-order valence-electron chi connectivity index (χ2n) is 5.24. The van der Waals surface area contributed by atoms with E-state index in [1.165, 1.54) is 0 Å². The van der Waals surface area contributed by atoms with Gasteiger partial charge in [-0.2, -0.15) is 0 Å². The number of carbonyl (C=O) groups is 2. The molecule has 0 atom stereocenters. The summed E-state index contributed by atoms with van der Waals surface area (Å²) in [6.45, 7) is 4.62. The molecule has 2 aliphatic heterocycles. The van der Waals surface area contributed by atoms with Crippen LogP contribution >= 0.6 is 0 Å². The van der Waals surface area contributed by atoms with Crippen molar-refractivity contribution >= 4 is 12.0 Å². The molecule has 5 nitrogen and oxygen atoms in total. The topological polar surface area (TPSA) is 58.6 Å². The summed E-state index contributed by atoms with van der Waals surface area (Å²) >= 11 is 0. The van der Waals surface area contributed by atoms with Crippen LogP contribution in [0.15, 0.2) is 0 Å². The van der Waals surface area contributed by atoms with Gasteiger partial charge in [0.05, 0.1) is 12.0 Å². The van der Waals surface area contributed by atoms with E-state index in [-0.39, 0.29) is 17.4 Å². The van der Waals surface area contributed by atoms with Crippen LogP contribution in [0.2, 0.25) is 0 Å². The molecule has 102 valence electrons. The number of piperidine rings is 1. The number of hydrogen-bond acceptors (Lipinski definition) is 3. The second kappa shape index (κ2) is 5.59. The molecule has 0 aliphatic carbocycles. The molecule has 1 N–H and O–H groups in total. The monoisotopic (exact) mass is 254 g/mol. The van der Waals surface area contributed by atoms with Gasteiger partial charge in [0.1, 0.15) is 0 Å². The van der Waals surface area contributed by atoms with Crippen LogP contribution in [0.4, 0.5) is 4.79 Å². The van der Waals surface area contributed by atoms with Gasteiger partial charge >= 0.3 is 6.09 Å². The number of likely N-dealkylation sites (tertiary alicyclic amines) is 1. The lowest BCUT2D eigenvalue weighted by Gasteiger charge is -2.36. The molecule has 2 amide bonds. The number of carbonyl (C=O) groups excluding carboxylic acids is 2. The fraction of sp³-hybridized carbons (Fsp3) is 0.846. The number of nitrogens with one attached hydrogen (secondary N) is 1. The maximum Gasteiger partial charge on any atom is 0.409 e. The highest BCUT2D eigenvalue weighted by atomic mass is 16.6. The molecular weight excluding hydrogens is 232 g/mol. The first kappa shape index (κ1) is 13.2. The van der Waals surface area contributed by atoms with E-state index in [9.17, 15) is 9.59 Å². The lowest BCUT2D eigenvalue weighted by Crippen LogP contribution is -2.46.